The number of ether oxygens (including phenoxy) is 2. The van der Waals surface area contributed by atoms with Gasteiger partial charge in [-0.2, -0.15) is 4.98 Å². The number of nitrogens with zero attached hydrogens (tertiary/aromatic N) is 1. The minimum atomic E-state index is -4.19. The Morgan fingerprint density at radius 2 is 2.35 bits per heavy atom. The number of anilines is 1. The van der Waals surface area contributed by atoms with Crippen LogP contribution in [0.1, 0.15) is 12.8 Å². The fraction of sp³-hybridized carbons (Fsp3) is 0.556. The lowest BCUT2D eigenvalue weighted by Gasteiger charge is -2.16. The van der Waals surface area contributed by atoms with E-state index in [9.17, 15) is 9.36 Å². The first-order chi connectivity index (χ1) is 9.42. The van der Waals surface area contributed by atoms with Crippen molar-refractivity contribution >= 4 is 13.4 Å². The van der Waals surface area contributed by atoms with Crippen molar-refractivity contribution in [2.75, 3.05) is 11.8 Å². The van der Waals surface area contributed by atoms with Crippen LogP contribution in [0.25, 0.3) is 0 Å². The highest BCUT2D eigenvalue weighted by Crippen LogP contribution is 2.35. The Morgan fingerprint density at radius 1 is 1.55 bits per heavy atom. The van der Waals surface area contributed by atoms with E-state index in [-0.39, 0.29) is 0 Å². The van der Waals surface area contributed by atoms with Gasteiger partial charge in [0, 0.05) is 12.6 Å². The first kappa shape index (κ1) is 15.1. The van der Waals surface area contributed by atoms with Crippen molar-refractivity contribution in [3.63, 3.8) is 0 Å². The molecule has 1 aliphatic heterocycles. The smallest absolute Gasteiger partial charge is 0.340 e. The monoisotopic (exact) mass is 306 g/mol. The summed E-state index contributed by atoms with van der Waals surface area (Å²) in [4.78, 5) is 34.4. The molecule has 0 amide bonds. The number of nitrogens with one attached hydrogen (secondary N) is 3. The molecule has 0 aromatic carbocycles. The molecule has 0 aliphatic carbocycles. The Hall–Kier alpha value is -1.29. The summed E-state index contributed by atoms with van der Waals surface area (Å²) in [6.45, 7) is 0. The summed E-state index contributed by atoms with van der Waals surface area (Å²) in [6, 6.07) is 1.56. The number of aromatic amines is 1. The Bertz CT molecular complexity index is 545. The number of H-pyrrole nitrogens is 1. The van der Waals surface area contributed by atoms with E-state index >= 15 is 0 Å². The average molecular weight is 306 g/mol. The summed E-state index contributed by atoms with van der Waals surface area (Å²) in [5, 5.41) is 0. The third-order valence-corrected chi connectivity index (χ3v) is 2.93. The molecule has 112 valence electrons. The van der Waals surface area contributed by atoms with Crippen molar-refractivity contribution in [3.05, 3.63) is 22.7 Å². The van der Waals surface area contributed by atoms with Crippen molar-refractivity contribution < 1.29 is 23.8 Å². The summed E-state index contributed by atoms with van der Waals surface area (Å²) < 4.78 is 21.0. The van der Waals surface area contributed by atoms with Crippen molar-refractivity contribution in [2.24, 2.45) is 0 Å². The number of hydrogen-bond acceptors (Lipinski definition) is 7. The number of hydrazine groups is 1. The molecule has 1 aromatic heterocycles. The first-order valence-electron chi connectivity index (χ1n) is 5.81. The van der Waals surface area contributed by atoms with Crippen molar-refractivity contribution in [1.29, 1.82) is 0 Å². The molecule has 1 aliphatic rings. The van der Waals surface area contributed by atoms with Gasteiger partial charge < -0.3 is 29.7 Å². The van der Waals surface area contributed by atoms with Crippen molar-refractivity contribution in [2.45, 2.75) is 25.4 Å². The van der Waals surface area contributed by atoms with Gasteiger partial charge in [0.05, 0.1) is 0 Å². The van der Waals surface area contributed by atoms with E-state index in [0.29, 0.717) is 18.7 Å². The van der Waals surface area contributed by atoms with Crippen LogP contribution < -0.4 is 16.5 Å². The van der Waals surface area contributed by atoms with Crippen molar-refractivity contribution in [1.82, 2.24) is 15.4 Å². The minimum absolute atomic E-state index is 0.330. The topological polar surface area (TPSA) is 146 Å². The van der Waals surface area contributed by atoms with Gasteiger partial charge in [-0.1, -0.05) is 0 Å². The lowest BCUT2D eigenvalue weighted by molar-refractivity contribution is -0.128. The highest BCUT2D eigenvalue weighted by atomic mass is 31.2. The van der Waals surface area contributed by atoms with Crippen LogP contribution in [0.4, 0.5) is 5.82 Å². The molecule has 5 N–H and O–H groups in total. The van der Waals surface area contributed by atoms with Gasteiger partial charge in [0.25, 0.3) is 0 Å². The fourth-order valence-electron chi connectivity index (χ4n) is 1.61. The zero-order valence-corrected chi connectivity index (χ0v) is 11.2. The van der Waals surface area contributed by atoms with Gasteiger partial charge in [-0.15, -0.1) is 0 Å². The normalized spacial score (nSPS) is 22.9. The lowest BCUT2D eigenvalue weighted by Crippen LogP contribution is -2.35. The summed E-state index contributed by atoms with van der Waals surface area (Å²) in [5.74, 6) is 0.330. The molecule has 20 heavy (non-hydrogen) atoms. The number of rotatable bonds is 6. The second-order valence-electron chi connectivity index (χ2n) is 4.14. The average Bonchev–Trinajstić information content (AvgIpc) is 2.81. The van der Waals surface area contributed by atoms with Gasteiger partial charge in [0.15, 0.2) is 12.6 Å². The van der Waals surface area contributed by atoms with Gasteiger partial charge in [-0.05, 0) is 12.5 Å². The van der Waals surface area contributed by atoms with Crippen LogP contribution in [0.15, 0.2) is 17.1 Å². The Balaban J connectivity index is 1.73. The molecule has 2 unspecified atom stereocenters. The highest BCUT2D eigenvalue weighted by molar-refractivity contribution is 7.51. The molecule has 2 atom stereocenters. The molecule has 10 nitrogen and oxygen atoms in total. The van der Waals surface area contributed by atoms with Gasteiger partial charge in [0.2, 0.25) is 0 Å². The maximum atomic E-state index is 11.0. The van der Waals surface area contributed by atoms with Crippen LogP contribution in [-0.2, 0) is 14.0 Å². The molecule has 0 spiro atoms. The summed E-state index contributed by atoms with van der Waals surface area (Å²) in [6.07, 6.45) is 0.783. The molecule has 2 rings (SSSR count). The molecular weight excluding hydrogens is 291 g/mol. The van der Waals surface area contributed by atoms with Crippen LogP contribution in [0.3, 0.4) is 0 Å². The molecule has 0 saturated carbocycles. The first-order valence-corrected chi connectivity index (χ1v) is 7.61. The predicted octanol–water partition coefficient (Wildman–Crippen LogP) is -0.699. The zero-order valence-electron chi connectivity index (χ0n) is 10.4. The maximum absolute atomic E-state index is 11.0. The second kappa shape index (κ2) is 6.44. The second-order valence-corrected chi connectivity index (χ2v) is 5.73. The fourth-order valence-corrected chi connectivity index (χ4v) is 1.97. The highest BCUT2D eigenvalue weighted by Gasteiger charge is 2.27. The molecule has 11 heteroatoms. The minimum Gasteiger partial charge on any atom is -0.340 e. The van der Waals surface area contributed by atoms with E-state index in [2.05, 4.69) is 20.8 Å². The van der Waals surface area contributed by atoms with E-state index in [1.165, 1.54) is 6.20 Å². The lowest BCUT2D eigenvalue weighted by atomic mass is 10.3. The van der Waals surface area contributed by atoms with Crippen LogP contribution in [-0.4, -0.2) is 38.6 Å². The SMILES string of the molecule is O=c1nc(NNC2CCC(OCP(=O)(O)O)O2)cc[nH]1. The van der Waals surface area contributed by atoms with Crippen LogP contribution in [0.2, 0.25) is 0 Å². The quantitative estimate of drug-likeness (QED) is 0.340. The molecule has 2 heterocycles. The van der Waals surface area contributed by atoms with Gasteiger partial charge >= 0.3 is 13.3 Å². The standard InChI is InChI=1S/C9H15N4O6P/c14-9-10-4-3-6(11-9)12-13-7-1-2-8(19-7)18-5-20(15,16)17/h3-4,7-8,13H,1-2,5H2,(H2,15,16,17)(H2,10,11,12,14). The summed E-state index contributed by atoms with van der Waals surface area (Å²) in [7, 11) is -4.19. The van der Waals surface area contributed by atoms with Gasteiger partial charge in [-0.25, -0.2) is 10.2 Å². The summed E-state index contributed by atoms with van der Waals surface area (Å²) >= 11 is 0. The van der Waals surface area contributed by atoms with Crippen LogP contribution >= 0.6 is 7.60 Å². The maximum Gasteiger partial charge on any atom is 0.351 e. The van der Waals surface area contributed by atoms with E-state index in [1.807, 2.05) is 0 Å². The molecule has 1 aromatic rings. The van der Waals surface area contributed by atoms with Crippen LogP contribution in [0, 0.1) is 0 Å². The Labute approximate surface area is 113 Å². The molecular formula is C9H15N4O6P. The van der Waals surface area contributed by atoms with Crippen LogP contribution in [0.5, 0.6) is 0 Å². The predicted molar refractivity (Wildman–Crippen MR) is 67.5 cm³/mol. The van der Waals surface area contributed by atoms with Gasteiger partial charge in [0.1, 0.15) is 12.0 Å². The third-order valence-electron chi connectivity index (χ3n) is 2.44. The van der Waals surface area contributed by atoms with E-state index in [4.69, 9.17) is 19.3 Å². The van der Waals surface area contributed by atoms with E-state index < -0.39 is 32.2 Å². The molecule has 0 bridgehead atoms. The molecule has 1 fully saturated rings. The van der Waals surface area contributed by atoms with E-state index in [1.54, 1.807) is 6.07 Å². The summed E-state index contributed by atoms with van der Waals surface area (Å²) in [5.41, 5.74) is 5.02. The number of hydrogen-bond donors (Lipinski definition) is 5. The Kier molecular flexibility index (Phi) is 4.86. The van der Waals surface area contributed by atoms with E-state index in [0.717, 1.165) is 0 Å². The number of aromatic nitrogens is 2. The van der Waals surface area contributed by atoms with Gasteiger partial charge in [-0.3, -0.25) is 4.57 Å². The zero-order chi connectivity index (χ0) is 14.6. The Morgan fingerprint density at radius 3 is 3.05 bits per heavy atom. The third kappa shape index (κ3) is 5.00. The molecule has 0 radical (unpaired) electrons. The largest absolute Gasteiger partial charge is 0.351 e. The molecule has 1 saturated heterocycles. The van der Waals surface area contributed by atoms with Crippen molar-refractivity contribution in [3.8, 4) is 0 Å².